The number of aliphatic carboxylic acids is 2. The van der Waals surface area contributed by atoms with Crippen molar-refractivity contribution in [3.8, 4) is 0 Å². The second kappa shape index (κ2) is 2.14. The lowest BCUT2D eigenvalue weighted by atomic mass is 9.89. The Balaban J connectivity index is 1.97. The summed E-state index contributed by atoms with van der Waals surface area (Å²) in [5.74, 6) is -1.70. The first-order chi connectivity index (χ1) is 6.53. The number of fused-ring (bicyclic) bond motifs is 3. The van der Waals surface area contributed by atoms with Crippen LogP contribution in [0.5, 0.6) is 0 Å². The van der Waals surface area contributed by atoms with Gasteiger partial charge < -0.3 is 10.2 Å². The smallest absolute Gasteiger partial charge is 0.324 e. The molecule has 4 atom stereocenters. The first-order valence-corrected chi connectivity index (χ1v) is 5.82. The van der Waals surface area contributed by atoms with Gasteiger partial charge in [0.25, 0.3) is 0 Å². The fourth-order valence-electron chi connectivity index (χ4n) is 1.93. The minimum absolute atomic E-state index is 0.0499. The highest BCUT2D eigenvalue weighted by Gasteiger charge is 2.78. The van der Waals surface area contributed by atoms with Gasteiger partial charge in [0.2, 0.25) is 0 Å². The third kappa shape index (κ3) is 0.752. The molecule has 74 valence electrons. The minimum atomic E-state index is -0.852. The maximum atomic E-state index is 10.9. The molecular formula is C8H6O4S2. The molecule has 0 saturated carbocycles. The van der Waals surface area contributed by atoms with Gasteiger partial charge in [-0.25, -0.2) is 0 Å². The molecule has 0 aromatic rings. The zero-order chi connectivity index (χ0) is 10.1. The van der Waals surface area contributed by atoms with E-state index in [1.165, 1.54) is 23.5 Å². The molecule has 0 aromatic heterocycles. The maximum Gasteiger partial charge on any atom is 0.324 e. The summed E-state index contributed by atoms with van der Waals surface area (Å²) in [4.78, 5) is 21.9. The van der Waals surface area contributed by atoms with Gasteiger partial charge in [-0.15, -0.1) is 23.5 Å². The number of rotatable bonds is 2. The van der Waals surface area contributed by atoms with Gasteiger partial charge in [0.05, 0.1) is 0 Å². The van der Waals surface area contributed by atoms with Gasteiger partial charge in [0.15, 0.2) is 0 Å². The number of hydrogen-bond acceptors (Lipinski definition) is 4. The van der Waals surface area contributed by atoms with E-state index >= 15 is 0 Å². The Morgan fingerprint density at radius 3 is 1.64 bits per heavy atom. The minimum Gasteiger partial charge on any atom is -0.480 e. The lowest BCUT2D eigenvalue weighted by Crippen LogP contribution is -2.36. The molecule has 3 aliphatic rings. The van der Waals surface area contributed by atoms with Crippen LogP contribution in [0.15, 0.2) is 12.2 Å². The van der Waals surface area contributed by atoms with Crippen LogP contribution in [0.25, 0.3) is 0 Å². The van der Waals surface area contributed by atoms with Gasteiger partial charge in [-0.1, -0.05) is 12.2 Å². The molecule has 0 aromatic carbocycles. The van der Waals surface area contributed by atoms with Gasteiger partial charge in [-0.3, -0.25) is 9.59 Å². The van der Waals surface area contributed by atoms with Gasteiger partial charge >= 0.3 is 11.9 Å². The first kappa shape index (κ1) is 8.67. The normalized spacial score (nSPS) is 51.7. The molecule has 1 aliphatic carbocycles. The standard InChI is InChI=1S/C8H6O4S2/c9-5(10)7-1-2-8(6(11)12)4(14-8)3(7)13-7/h1-4H,(H,9,10)(H,11,12). The van der Waals surface area contributed by atoms with Crippen LogP contribution in [0.1, 0.15) is 0 Å². The summed E-state index contributed by atoms with van der Waals surface area (Å²) in [7, 11) is 0. The number of hydrogen-bond donors (Lipinski definition) is 2. The third-order valence-corrected chi connectivity index (χ3v) is 6.27. The third-order valence-electron chi connectivity index (χ3n) is 2.90. The van der Waals surface area contributed by atoms with Crippen molar-refractivity contribution < 1.29 is 19.8 Å². The molecule has 2 fully saturated rings. The Morgan fingerprint density at radius 2 is 1.36 bits per heavy atom. The van der Waals surface area contributed by atoms with Crippen molar-refractivity contribution in [1.29, 1.82) is 0 Å². The van der Waals surface area contributed by atoms with Gasteiger partial charge in [0.1, 0.15) is 9.49 Å². The molecule has 6 heteroatoms. The topological polar surface area (TPSA) is 74.6 Å². The van der Waals surface area contributed by atoms with Gasteiger partial charge in [0, 0.05) is 10.5 Å². The number of carbonyl (C=O) groups is 2. The van der Waals surface area contributed by atoms with Crippen LogP contribution in [-0.2, 0) is 9.59 Å². The second-order valence-electron chi connectivity index (χ2n) is 3.61. The van der Waals surface area contributed by atoms with E-state index in [2.05, 4.69) is 0 Å². The van der Waals surface area contributed by atoms with Gasteiger partial charge in [-0.2, -0.15) is 0 Å². The summed E-state index contributed by atoms with van der Waals surface area (Å²) in [6, 6.07) is 0. The molecule has 2 saturated heterocycles. The molecule has 2 N–H and O–H groups in total. The van der Waals surface area contributed by atoms with Crippen molar-refractivity contribution in [3.63, 3.8) is 0 Å². The van der Waals surface area contributed by atoms with Crippen LogP contribution in [0.3, 0.4) is 0 Å². The molecule has 14 heavy (non-hydrogen) atoms. The molecular weight excluding hydrogens is 224 g/mol. The van der Waals surface area contributed by atoms with Crippen LogP contribution in [0.4, 0.5) is 0 Å². The molecule has 4 unspecified atom stereocenters. The van der Waals surface area contributed by atoms with Crippen molar-refractivity contribution in [2.45, 2.75) is 20.0 Å². The maximum absolute atomic E-state index is 10.9. The van der Waals surface area contributed by atoms with Crippen molar-refractivity contribution in [1.82, 2.24) is 0 Å². The van der Waals surface area contributed by atoms with E-state index in [9.17, 15) is 9.59 Å². The lowest BCUT2D eigenvalue weighted by Gasteiger charge is -2.11. The molecule has 2 aliphatic heterocycles. The average molecular weight is 230 g/mol. The molecule has 3 rings (SSSR count). The predicted molar refractivity (Wildman–Crippen MR) is 52.6 cm³/mol. The average Bonchev–Trinajstić information content (AvgIpc) is 2.97. The Morgan fingerprint density at radius 1 is 1.00 bits per heavy atom. The molecule has 0 radical (unpaired) electrons. The zero-order valence-electron chi connectivity index (χ0n) is 6.84. The van der Waals surface area contributed by atoms with Crippen LogP contribution < -0.4 is 0 Å². The Hall–Kier alpha value is -0.620. The van der Waals surface area contributed by atoms with Crippen LogP contribution in [-0.4, -0.2) is 42.1 Å². The van der Waals surface area contributed by atoms with E-state index in [1.807, 2.05) is 0 Å². The van der Waals surface area contributed by atoms with E-state index in [-0.39, 0.29) is 10.5 Å². The van der Waals surface area contributed by atoms with Crippen LogP contribution in [0, 0.1) is 0 Å². The van der Waals surface area contributed by atoms with Crippen molar-refractivity contribution in [2.24, 2.45) is 0 Å². The van der Waals surface area contributed by atoms with E-state index in [4.69, 9.17) is 10.2 Å². The largest absolute Gasteiger partial charge is 0.480 e. The number of carboxylic acids is 2. The highest BCUT2D eigenvalue weighted by Crippen LogP contribution is 2.73. The number of thioether (sulfide) groups is 2. The van der Waals surface area contributed by atoms with Gasteiger partial charge in [-0.05, 0) is 0 Å². The molecule has 0 amide bonds. The summed E-state index contributed by atoms with van der Waals surface area (Å²) >= 11 is 2.70. The van der Waals surface area contributed by atoms with Crippen LogP contribution >= 0.6 is 23.5 Å². The Bertz CT molecular complexity index is 357. The summed E-state index contributed by atoms with van der Waals surface area (Å²) in [6.07, 6.45) is 3.10. The van der Waals surface area contributed by atoms with E-state index < -0.39 is 21.4 Å². The molecule has 0 spiro atoms. The monoisotopic (exact) mass is 230 g/mol. The highest BCUT2D eigenvalue weighted by atomic mass is 32.2. The number of carboxylic acid groups (broad SMARTS) is 2. The highest BCUT2D eigenvalue weighted by molar-refractivity contribution is 8.15. The summed E-state index contributed by atoms with van der Waals surface area (Å²) in [5.41, 5.74) is 0. The Kier molecular flexibility index (Phi) is 1.32. The molecule has 2 heterocycles. The molecule has 0 bridgehead atoms. The SMILES string of the molecule is O=C(O)C12C=CC3(C(=O)O)SC3C1S2. The summed E-state index contributed by atoms with van der Waals surface area (Å²) in [6.45, 7) is 0. The fourth-order valence-corrected chi connectivity index (χ4v) is 4.94. The zero-order valence-corrected chi connectivity index (χ0v) is 8.47. The first-order valence-electron chi connectivity index (χ1n) is 4.06. The lowest BCUT2D eigenvalue weighted by molar-refractivity contribution is -0.139. The van der Waals surface area contributed by atoms with Crippen LogP contribution in [0.2, 0.25) is 0 Å². The van der Waals surface area contributed by atoms with E-state index in [0.717, 1.165) is 0 Å². The predicted octanol–water partition coefficient (Wildman–Crippen LogP) is 0.434. The fraction of sp³-hybridized carbons (Fsp3) is 0.500. The summed E-state index contributed by atoms with van der Waals surface area (Å²) in [5, 5.41) is 17.8. The van der Waals surface area contributed by atoms with Crippen molar-refractivity contribution >= 4 is 35.5 Å². The van der Waals surface area contributed by atoms with E-state index in [1.54, 1.807) is 12.2 Å². The molecule has 4 nitrogen and oxygen atoms in total. The second-order valence-corrected chi connectivity index (χ2v) is 6.44. The Labute approximate surface area is 87.7 Å². The van der Waals surface area contributed by atoms with E-state index in [0.29, 0.717) is 0 Å². The summed E-state index contributed by atoms with van der Waals surface area (Å²) < 4.78 is -1.62. The van der Waals surface area contributed by atoms with Crippen molar-refractivity contribution in [3.05, 3.63) is 12.2 Å². The van der Waals surface area contributed by atoms with Crippen molar-refractivity contribution in [2.75, 3.05) is 0 Å². The quantitative estimate of drug-likeness (QED) is 0.529.